The van der Waals surface area contributed by atoms with E-state index in [1.54, 1.807) is 0 Å². The van der Waals surface area contributed by atoms with Crippen LogP contribution < -0.4 is 11.1 Å². The third kappa shape index (κ3) is 2.02. The number of rotatable bonds is 3. The van der Waals surface area contributed by atoms with Gasteiger partial charge in [0, 0.05) is 6.54 Å². The van der Waals surface area contributed by atoms with E-state index >= 15 is 0 Å². The molecule has 1 aromatic carbocycles. The molecule has 0 aliphatic heterocycles. The van der Waals surface area contributed by atoms with Crippen molar-refractivity contribution in [2.24, 2.45) is 11.8 Å². The first-order valence-electron chi connectivity index (χ1n) is 6.00. The van der Waals surface area contributed by atoms with Gasteiger partial charge in [-0.05, 0) is 30.4 Å². The van der Waals surface area contributed by atoms with Crippen LogP contribution in [0.4, 0.5) is 11.6 Å². The second kappa shape index (κ2) is 3.87. The van der Waals surface area contributed by atoms with Gasteiger partial charge in [0.15, 0.2) is 11.6 Å². The molecule has 1 aliphatic rings. The Labute approximate surface area is 100 Å². The number of aromatic nitrogens is 2. The number of hydrogen-bond acceptors (Lipinski definition) is 4. The molecule has 1 aliphatic carbocycles. The van der Waals surface area contributed by atoms with Gasteiger partial charge in [-0.2, -0.15) is 0 Å². The van der Waals surface area contributed by atoms with Crippen molar-refractivity contribution in [1.82, 2.24) is 9.97 Å². The van der Waals surface area contributed by atoms with Gasteiger partial charge < -0.3 is 11.1 Å². The standard InChI is InChI=1S/C13H16N4/c1-8-6-9(8)7-15-13-12(14)16-10-4-2-3-5-11(10)17-13/h2-5,8-9H,6-7H2,1H3,(H2,14,16)(H,15,17). The molecular weight excluding hydrogens is 212 g/mol. The Morgan fingerprint density at radius 1 is 1.29 bits per heavy atom. The summed E-state index contributed by atoms with van der Waals surface area (Å²) >= 11 is 0. The Morgan fingerprint density at radius 2 is 1.94 bits per heavy atom. The molecule has 0 bridgehead atoms. The lowest BCUT2D eigenvalue weighted by atomic mass is 10.3. The third-order valence-corrected chi connectivity index (χ3v) is 3.41. The molecule has 0 radical (unpaired) electrons. The summed E-state index contributed by atoms with van der Waals surface area (Å²) in [6.07, 6.45) is 1.30. The van der Waals surface area contributed by atoms with Crippen molar-refractivity contribution in [1.29, 1.82) is 0 Å². The van der Waals surface area contributed by atoms with E-state index in [1.165, 1.54) is 6.42 Å². The fourth-order valence-electron chi connectivity index (χ4n) is 2.06. The maximum absolute atomic E-state index is 5.89. The van der Waals surface area contributed by atoms with Gasteiger partial charge in [-0.15, -0.1) is 0 Å². The highest BCUT2D eigenvalue weighted by Gasteiger charge is 2.32. The summed E-state index contributed by atoms with van der Waals surface area (Å²) in [4.78, 5) is 8.85. The minimum Gasteiger partial charge on any atom is -0.381 e. The highest BCUT2D eigenvalue weighted by molar-refractivity contribution is 5.79. The first kappa shape index (κ1) is 10.3. The average molecular weight is 228 g/mol. The molecule has 4 heteroatoms. The number of benzene rings is 1. The fraction of sp³-hybridized carbons (Fsp3) is 0.385. The van der Waals surface area contributed by atoms with Gasteiger partial charge in [0.2, 0.25) is 0 Å². The molecule has 1 saturated carbocycles. The zero-order valence-electron chi connectivity index (χ0n) is 9.85. The van der Waals surface area contributed by atoms with Crippen LogP contribution in [0.5, 0.6) is 0 Å². The first-order valence-corrected chi connectivity index (χ1v) is 6.00. The van der Waals surface area contributed by atoms with Crippen LogP contribution in [0.3, 0.4) is 0 Å². The van der Waals surface area contributed by atoms with Crippen molar-refractivity contribution in [3.63, 3.8) is 0 Å². The van der Waals surface area contributed by atoms with Crippen molar-refractivity contribution in [2.45, 2.75) is 13.3 Å². The molecule has 3 N–H and O–H groups in total. The van der Waals surface area contributed by atoms with E-state index in [1.807, 2.05) is 24.3 Å². The zero-order chi connectivity index (χ0) is 11.8. The number of fused-ring (bicyclic) bond motifs is 1. The normalized spacial score (nSPS) is 22.6. The molecule has 0 saturated heterocycles. The molecule has 2 atom stereocenters. The van der Waals surface area contributed by atoms with E-state index in [0.29, 0.717) is 11.6 Å². The maximum Gasteiger partial charge on any atom is 0.169 e. The molecule has 1 fully saturated rings. The predicted octanol–water partition coefficient (Wildman–Crippen LogP) is 2.28. The Balaban J connectivity index is 1.85. The highest BCUT2D eigenvalue weighted by atomic mass is 15.1. The number of nitrogens with two attached hydrogens (primary N) is 1. The zero-order valence-corrected chi connectivity index (χ0v) is 9.85. The van der Waals surface area contributed by atoms with Crippen molar-refractivity contribution < 1.29 is 0 Å². The molecule has 4 nitrogen and oxygen atoms in total. The predicted molar refractivity (Wildman–Crippen MR) is 69.7 cm³/mol. The Morgan fingerprint density at radius 3 is 2.59 bits per heavy atom. The number of nitrogen functional groups attached to an aromatic ring is 1. The van der Waals surface area contributed by atoms with Gasteiger partial charge >= 0.3 is 0 Å². The van der Waals surface area contributed by atoms with E-state index in [0.717, 1.165) is 29.4 Å². The molecule has 2 aromatic rings. The highest BCUT2D eigenvalue weighted by Crippen LogP contribution is 2.37. The lowest BCUT2D eigenvalue weighted by molar-refractivity contribution is 0.785. The number of nitrogens with zero attached hydrogens (tertiary/aromatic N) is 2. The number of para-hydroxylation sites is 2. The summed E-state index contributed by atoms with van der Waals surface area (Å²) < 4.78 is 0. The topological polar surface area (TPSA) is 63.8 Å². The van der Waals surface area contributed by atoms with Crippen LogP contribution in [0.25, 0.3) is 11.0 Å². The maximum atomic E-state index is 5.89. The summed E-state index contributed by atoms with van der Waals surface area (Å²) in [5, 5.41) is 3.30. The fourth-order valence-corrected chi connectivity index (χ4v) is 2.06. The van der Waals surface area contributed by atoms with Crippen LogP contribution in [0.15, 0.2) is 24.3 Å². The molecule has 17 heavy (non-hydrogen) atoms. The second-order valence-electron chi connectivity index (χ2n) is 4.80. The van der Waals surface area contributed by atoms with Crippen LogP contribution in [-0.2, 0) is 0 Å². The average Bonchev–Trinajstić information content (AvgIpc) is 3.03. The van der Waals surface area contributed by atoms with Crippen LogP contribution in [0.1, 0.15) is 13.3 Å². The van der Waals surface area contributed by atoms with Crippen LogP contribution in [-0.4, -0.2) is 16.5 Å². The largest absolute Gasteiger partial charge is 0.381 e. The Hall–Kier alpha value is -1.84. The van der Waals surface area contributed by atoms with E-state index in [-0.39, 0.29) is 0 Å². The minimum absolute atomic E-state index is 0.483. The lowest BCUT2D eigenvalue weighted by Gasteiger charge is -2.08. The molecule has 88 valence electrons. The van der Waals surface area contributed by atoms with E-state index in [4.69, 9.17) is 5.73 Å². The van der Waals surface area contributed by atoms with Crippen molar-refractivity contribution in [2.75, 3.05) is 17.6 Å². The quantitative estimate of drug-likeness (QED) is 0.846. The molecule has 1 heterocycles. The molecule has 3 rings (SSSR count). The molecule has 2 unspecified atom stereocenters. The lowest BCUT2D eigenvalue weighted by Crippen LogP contribution is -2.09. The summed E-state index contributed by atoms with van der Waals surface area (Å²) in [6.45, 7) is 3.21. The molecule has 0 spiro atoms. The number of hydrogen-bond donors (Lipinski definition) is 2. The third-order valence-electron chi connectivity index (χ3n) is 3.41. The molecular formula is C13H16N4. The number of anilines is 2. The SMILES string of the molecule is CC1CC1CNc1nc2ccccc2nc1N. The minimum atomic E-state index is 0.483. The number of nitrogens with one attached hydrogen (secondary N) is 1. The first-order chi connectivity index (χ1) is 8.24. The Bertz CT molecular complexity index is 552. The molecule has 1 aromatic heterocycles. The van der Waals surface area contributed by atoms with Crippen LogP contribution >= 0.6 is 0 Å². The summed E-state index contributed by atoms with van der Waals surface area (Å²) in [5.41, 5.74) is 7.62. The molecule has 0 amide bonds. The van der Waals surface area contributed by atoms with Gasteiger partial charge in [-0.1, -0.05) is 19.1 Å². The van der Waals surface area contributed by atoms with Crippen LogP contribution in [0.2, 0.25) is 0 Å². The van der Waals surface area contributed by atoms with Crippen molar-refractivity contribution in [3.8, 4) is 0 Å². The van der Waals surface area contributed by atoms with Crippen LogP contribution in [0, 0.1) is 11.8 Å². The van der Waals surface area contributed by atoms with Gasteiger partial charge in [-0.3, -0.25) is 0 Å². The van der Waals surface area contributed by atoms with Gasteiger partial charge in [0.1, 0.15) is 0 Å². The van der Waals surface area contributed by atoms with Crippen molar-refractivity contribution >= 4 is 22.7 Å². The summed E-state index contributed by atoms with van der Waals surface area (Å²) in [6, 6.07) is 7.77. The van der Waals surface area contributed by atoms with Gasteiger partial charge in [0.05, 0.1) is 11.0 Å². The monoisotopic (exact) mass is 228 g/mol. The second-order valence-corrected chi connectivity index (χ2v) is 4.80. The summed E-state index contributed by atoms with van der Waals surface area (Å²) in [7, 11) is 0. The smallest absolute Gasteiger partial charge is 0.169 e. The van der Waals surface area contributed by atoms with E-state index in [9.17, 15) is 0 Å². The van der Waals surface area contributed by atoms with E-state index < -0.39 is 0 Å². The Kier molecular flexibility index (Phi) is 2.35. The summed E-state index contributed by atoms with van der Waals surface area (Å²) in [5.74, 6) is 2.79. The van der Waals surface area contributed by atoms with Gasteiger partial charge in [-0.25, -0.2) is 9.97 Å². The van der Waals surface area contributed by atoms with E-state index in [2.05, 4.69) is 22.2 Å². The van der Waals surface area contributed by atoms with Crippen molar-refractivity contribution in [3.05, 3.63) is 24.3 Å². The van der Waals surface area contributed by atoms with Gasteiger partial charge in [0.25, 0.3) is 0 Å².